The third-order valence-corrected chi connectivity index (χ3v) is 8.52. The van der Waals surface area contributed by atoms with Crippen LogP contribution >= 0.6 is 11.8 Å². The van der Waals surface area contributed by atoms with Gasteiger partial charge in [-0.05, 0) is 43.2 Å². The molecule has 3 heterocycles. The number of unbranched alkanes of at least 4 members (excludes halogenated alkanes) is 1. The molecule has 0 saturated carbocycles. The summed E-state index contributed by atoms with van der Waals surface area (Å²) in [6.07, 6.45) is 1.86. The summed E-state index contributed by atoms with van der Waals surface area (Å²) < 4.78 is 13.1. The summed E-state index contributed by atoms with van der Waals surface area (Å²) in [5.41, 5.74) is 5.49. The maximum absolute atomic E-state index is 13.8. The van der Waals surface area contributed by atoms with E-state index in [1.54, 1.807) is 4.90 Å². The Balaban J connectivity index is 1.56. The number of anilines is 1. The fraction of sp³-hybridized carbons (Fsp3) is 0.281. The lowest BCUT2D eigenvalue weighted by Crippen LogP contribution is -2.42. The van der Waals surface area contributed by atoms with Crippen LogP contribution in [-0.4, -0.2) is 47.2 Å². The molecule has 6 rings (SSSR count). The van der Waals surface area contributed by atoms with Crippen molar-refractivity contribution in [2.24, 2.45) is 0 Å². The van der Waals surface area contributed by atoms with Gasteiger partial charge in [-0.2, -0.15) is 5.10 Å². The highest BCUT2D eigenvalue weighted by Gasteiger charge is 2.38. The topological polar surface area (TPSA) is 85.7 Å². The first-order chi connectivity index (χ1) is 20.0. The maximum Gasteiger partial charge on any atom is 0.240 e. The molecule has 4 aromatic rings. The highest BCUT2D eigenvalue weighted by molar-refractivity contribution is 8.00. The average molecular weight is 569 g/mol. The van der Waals surface area contributed by atoms with Crippen molar-refractivity contribution >= 4 is 29.4 Å². The van der Waals surface area contributed by atoms with Crippen LogP contribution in [0.25, 0.3) is 16.9 Å². The van der Waals surface area contributed by atoms with Gasteiger partial charge in [-0.1, -0.05) is 67.4 Å². The average Bonchev–Trinajstić information content (AvgIpc) is 3.59. The Morgan fingerprint density at radius 3 is 2.61 bits per heavy atom. The van der Waals surface area contributed by atoms with Crippen molar-refractivity contribution in [2.45, 2.75) is 31.9 Å². The Hall–Kier alpha value is -4.24. The number of nitrogens with zero attached hydrogens (tertiary/aromatic N) is 3. The van der Waals surface area contributed by atoms with Crippen LogP contribution in [0.1, 0.15) is 41.7 Å². The van der Waals surface area contributed by atoms with Gasteiger partial charge in [0.25, 0.3) is 0 Å². The van der Waals surface area contributed by atoms with E-state index in [1.807, 2.05) is 84.4 Å². The van der Waals surface area contributed by atoms with E-state index in [0.717, 1.165) is 46.5 Å². The van der Waals surface area contributed by atoms with E-state index in [0.29, 0.717) is 23.9 Å². The lowest BCUT2D eigenvalue weighted by Gasteiger charge is -2.23. The molecule has 8 nitrogen and oxygen atoms in total. The van der Waals surface area contributed by atoms with Gasteiger partial charge in [0, 0.05) is 17.7 Å². The number of nitrogens with one attached hydrogen (secondary N) is 1. The van der Waals surface area contributed by atoms with Crippen LogP contribution < -0.4 is 19.7 Å². The minimum atomic E-state index is -0.244. The number of aryl methyl sites for hydroxylation is 1. The summed E-state index contributed by atoms with van der Waals surface area (Å²) in [7, 11) is 0. The number of fused-ring (bicyclic) bond motifs is 2. The number of amides is 2. The van der Waals surface area contributed by atoms with Gasteiger partial charge in [-0.15, -0.1) is 11.8 Å². The second kappa shape index (κ2) is 11.7. The highest BCUT2D eigenvalue weighted by Crippen LogP contribution is 2.50. The van der Waals surface area contributed by atoms with E-state index in [9.17, 15) is 9.59 Å². The number of hydrogen-bond acceptors (Lipinski definition) is 6. The molecule has 2 aliphatic heterocycles. The third-order valence-electron chi connectivity index (χ3n) is 7.27. The molecule has 1 atom stereocenters. The van der Waals surface area contributed by atoms with Crippen LogP contribution in [0.5, 0.6) is 11.5 Å². The van der Waals surface area contributed by atoms with E-state index < -0.39 is 0 Å². The smallest absolute Gasteiger partial charge is 0.240 e. The Labute approximate surface area is 243 Å². The van der Waals surface area contributed by atoms with Crippen LogP contribution in [0.15, 0.2) is 72.8 Å². The van der Waals surface area contributed by atoms with Crippen molar-refractivity contribution in [1.82, 2.24) is 15.1 Å². The predicted octanol–water partition coefficient (Wildman–Crippen LogP) is 5.66. The van der Waals surface area contributed by atoms with E-state index in [4.69, 9.17) is 14.6 Å². The standard InChI is InChI=1S/C32H32N4O4S/c1-3-4-16-33-27(37)18-35-28(38)19-41-31(23-12-15-25-26(17-23)40-20-39-25)29-30(22-8-6-5-7-9-22)34-36(32(29)35)24-13-10-21(2)11-14-24/h5-15,17,31H,3-4,16,18-20H2,1-2H3,(H,33,37). The molecule has 0 aliphatic carbocycles. The second-order valence-corrected chi connectivity index (χ2v) is 11.3. The number of thioether (sulfide) groups is 1. The zero-order valence-corrected chi connectivity index (χ0v) is 23.9. The molecule has 0 fully saturated rings. The maximum atomic E-state index is 13.8. The summed E-state index contributed by atoms with van der Waals surface area (Å²) in [5, 5.41) is 7.88. The third kappa shape index (κ3) is 5.41. The Bertz CT molecular complexity index is 1570. The predicted molar refractivity (Wildman–Crippen MR) is 161 cm³/mol. The molecule has 41 heavy (non-hydrogen) atoms. The first kappa shape index (κ1) is 27.0. The first-order valence-electron chi connectivity index (χ1n) is 13.9. The molecule has 0 radical (unpaired) electrons. The van der Waals surface area contributed by atoms with Crippen LogP contribution in [0.4, 0.5) is 5.82 Å². The number of benzene rings is 3. The fourth-order valence-corrected chi connectivity index (χ4v) is 6.33. The van der Waals surface area contributed by atoms with Crippen LogP contribution in [-0.2, 0) is 9.59 Å². The molecule has 0 bridgehead atoms. The molecule has 1 aromatic heterocycles. The molecule has 2 aliphatic rings. The number of ether oxygens (including phenoxy) is 2. The van der Waals surface area contributed by atoms with Crippen LogP contribution in [0, 0.1) is 6.92 Å². The molecule has 1 unspecified atom stereocenters. The minimum Gasteiger partial charge on any atom is -0.454 e. The second-order valence-electron chi connectivity index (χ2n) is 10.2. The van der Waals surface area contributed by atoms with E-state index in [2.05, 4.69) is 12.2 Å². The number of hydrogen-bond donors (Lipinski definition) is 1. The molecular weight excluding hydrogens is 536 g/mol. The minimum absolute atomic E-state index is 0.0875. The largest absolute Gasteiger partial charge is 0.454 e. The molecule has 3 aromatic carbocycles. The zero-order valence-electron chi connectivity index (χ0n) is 23.1. The number of carbonyl (C=O) groups excluding carboxylic acids is 2. The van der Waals surface area contributed by atoms with Gasteiger partial charge in [0.1, 0.15) is 12.4 Å². The number of aromatic nitrogens is 2. The lowest BCUT2D eigenvalue weighted by atomic mass is 9.99. The van der Waals surface area contributed by atoms with Crippen LogP contribution in [0.3, 0.4) is 0 Å². The molecule has 9 heteroatoms. The van der Waals surface area contributed by atoms with Crippen molar-refractivity contribution in [3.8, 4) is 28.4 Å². The van der Waals surface area contributed by atoms with Gasteiger partial charge in [0.05, 0.1) is 22.4 Å². The van der Waals surface area contributed by atoms with E-state index >= 15 is 0 Å². The van der Waals surface area contributed by atoms with Crippen molar-refractivity contribution < 1.29 is 19.1 Å². The molecule has 0 spiro atoms. The normalized spacial score (nSPS) is 15.9. The lowest BCUT2D eigenvalue weighted by molar-refractivity contribution is -0.122. The van der Waals surface area contributed by atoms with Gasteiger partial charge in [-0.25, -0.2) is 4.68 Å². The van der Waals surface area contributed by atoms with Crippen molar-refractivity contribution in [1.29, 1.82) is 0 Å². The number of carbonyl (C=O) groups is 2. The molecule has 2 amide bonds. The molecule has 0 saturated heterocycles. The Kier molecular flexibility index (Phi) is 7.69. The summed E-state index contributed by atoms with van der Waals surface area (Å²) >= 11 is 1.53. The monoisotopic (exact) mass is 568 g/mol. The van der Waals surface area contributed by atoms with Gasteiger partial charge in [0.2, 0.25) is 18.6 Å². The van der Waals surface area contributed by atoms with Crippen molar-refractivity contribution in [2.75, 3.05) is 30.5 Å². The van der Waals surface area contributed by atoms with Gasteiger partial charge in [-0.3, -0.25) is 14.5 Å². The Morgan fingerprint density at radius 1 is 1.05 bits per heavy atom. The number of rotatable bonds is 8. The Morgan fingerprint density at radius 2 is 1.83 bits per heavy atom. The van der Waals surface area contributed by atoms with Gasteiger partial charge < -0.3 is 14.8 Å². The van der Waals surface area contributed by atoms with Crippen molar-refractivity contribution in [3.63, 3.8) is 0 Å². The fourth-order valence-electron chi connectivity index (χ4n) is 5.14. The molecule has 210 valence electrons. The van der Waals surface area contributed by atoms with Crippen LogP contribution in [0.2, 0.25) is 0 Å². The summed E-state index contributed by atoms with van der Waals surface area (Å²) in [6, 6.07) is 23.9. The zero-order chi connectivity index (χ0) is 28.3. The summed E-state index contributed by atoms with van der Waals surface area (Å²) in [4.78, 5) is 28.6. The van der Waals surface area contributed by atoms with Gasteiger partial charge in [0.15, 0.2) is 11.5 Å². The summed E-state index contributed by atoms with van der Waals surface area (Å²) in [5.74, 6) is 1.86. The molecular formula is C32H32N4O4S. The van der Waals surface area contributed by atoms with Crippen molar-refractivity contribution in [3.05, 3.63) is 89.5 Å². The quantitative estimate of drug-likeness (QED) is 0.276. The van der Waals surface area contributed by atoms with E-state index in [1.165, 1.54) is 11.8 Å². The SMILES string of the molecule is CCCCNC(=O)CN1C(=O)CSC(c2ccc3c(c2)OCO3)c2c(-c3ccccc3)nn(-c3ccc(C)cc3)c21. The van der Waals surface area contributed by atoms with Gasteiger partial charge >= 0.3 is 0 Å². The first-order valence-corrected chi connectivity index (χ1v) is 14.9. The van der Waals surface area contributed by atoms with E-state index in [-0.39, 0.29) is 36.2 Å². The molecule has 1 N–H and O–H groups in total. The highest BCUT2D eigenvalue weighted by atomic mass is 32.2. The summed E-state index contributed by atoms with van der Waals surface area (Å²) in [6.45, 7) is 4.78.